The molecule has 1 heterocycles. The van der Waals surface area contributed by atoms with E-state index >= 15 is 0 Å². The third-order valence-electron chi connectivity index (χ3n) is 3.63. The minimum atomic E-state index is -0.157. The van der Waals surface area contributed by atoms with Crippen LogP contribution in [-0.4, -0.2) is 48.5 Å². The number of carbonyl (C=O) groups excluding carboxylic acids is 1. The van der Waals surface area contributed by atoms with Gasteiger partial charge in [-0.05, 0) is 24.6 Å². The molecule has 0 radical (unpaired) electrons. The molecule has 3 N–H and O–H groups in total. The number of nitrogens with one attached hydrogen (secondary N) is 1. The van der Waals surface area contributed by atoms with Crippen molar-refractivity contribution in [3.05, 3.63) is 29.8 Å². The first-order chi connectivity index (χ1) is 9.66. The number of nitrogens with two attached hydrogens (primary N) is 1. The molecule has 2 rings (SSSR count). The van der Waals surface area contributed by atoms with Crippen LogP contribution < -0.4 is 11.1 Å². The van der Waals surface area contributed by atoms with E-state index in [-0.39, 0.29) is 11.8 Å². The van der Waals surface area contributed by atoms with Crippen LogP contribution in [0.3, 0.4) is 0 Å². The van der Waals surface area contributed by atoms with Crippen LogP contribution in [0.2, 0.25) is 0 Å². The Hall–Kier alpha value is -1.20. The molecule has 1 atom stereocenters. The van der Waals surface area contributed by atoms with Gasteiger partial charge in [-0.3, -0.25) is 9.69 Å². The van der Waals surface area contributed by atoms with Gasteiger partial charge in [-0.1, -0.05) is 12.1 Å². The first-order valence-corrected chi connectivity index (χ1v) is 8.25. The molecule has 1 aromatic carbocycles. The van der Waals surface area contributed by atoms with Gasteiger partial charge in [0.25, 0.3) is 0 Å². The quantitative estimate of drug-likeness (QED) is 0.809. The largest absolute Gasteiger partial charge is 0.399 e. The summed E-state index contributed by atoms with van der Waals surface area (Å²) in [6.45, 7) is 5.84. The third kappa shape index (κ3) is 4.42. The lowest BCUT2D eigenvalue weighted by atomic mass is 10.00. The summed E-state index contributed by atoms with van der Waals surface area (Å²) in [5.41, 5.74) is 7.42. The summed E-state index contributed by atoms with van der Waals surface area (Å²) in [6.07, 6.45) is 0. The minimum Gasteiger partial charge on any atom is -0.399 e. The Kier molecular flexibility index (Phi) is 5.73. The lowest BCUT2D eigenvalue weighted by molar-refractivity contribution is -0.122. The Bertz CT molecular complexity index is 446. The lowest BCUT2D eigenvalue weighted by Crippen LogP contribution is -2.40. The molecule has 1 fully saturated rings. The van der Waals surface area contributed by atoms with Crippen LogP contribution in [0.4, 0.5) is 5.69 Å². The number of hydrogen-bond donors (Lipinski definition) is 2. The van der Waals surface area contributed by atoms with Crippen LogP contribution in [-0.2, 0) is 4.79 Å². The van der Waals surface area contributed by atoms with Crippen molar-refractivity contribution >= 4 is 23.4 Å². The monoisotopic (exact) mass is 293 g/mol. The smallest absolute Gasteiger partial charge is 0.227 e. The second-order valence-electron chi connectivity index (χ2n) is 5.14. The van der Waals surface area contributed by atoms with Crippen molar-refractivity contribution in [2.45, 2.75) is 12.8 Å². The van der Waals surface area contributed by atoms with Crippen LogP contribution in [0.5, 0.6) is 0 Å². The molecule has 1 aromatic rings. The molecular weight excluding hydrogens is 270 g/mol. The van der Waals surface area contributed by atoms with Crippen molar-refractivity contribution in [1.29, 1.82) is 0 Å². The minimum absolute atomic E-state index is 0.0713. The van der Waals surface area contributed by atoms with Crippen LogP contribution in [0.1, 0.15) is 18.4 Å². The van der Waals surface area contributed by atoms with E-state index in [2.05, 4.69) is 10.2 Å². The van der Waals surface area contributed by atoms with E-state index in [9.17, 15) is 4.79 Å². The van der Waals surface area contributed by atoms with Gasteiger partial charge in [-0.2, -0.15) is 11.8 Å². The Morgan fingerprint density at radius 1 is 1.45 bits per heavy atom. The van der Waals surface area contributed by atoms with Crippen LogP contribution in [0.15, 0.2) is 24.3 Å². The number of rotatable bonds is 5. The Labute approximate surface area is 125 Å². The molecule has 1 amide bonds. The van der Waals surface area contributed by atoms with E-state index in [1.165, 1.54) is 11.5 Å². The highest BCUT2D eigenvalue weighted by atomic mass is 32.2. The number of amides is 1. The van der Waals surface area contributed by atoms with Crippen molar-refractivity contribution in [3.63, 3.8) is 0 Å². The second-order valence-corrected chi connectivity index (χ2v) is 6.36. The van der Waals surface area contributed by atoms with Gasteiger partial charge in [-0.25, -0.2) is 0 Å². The predicted octanol–water partition coefficient (Wildman–Crippen LogP) is 1.54. The Morgan fingerprint density at radius 3 is 2.90 bits per heavy atom. The fourth-order valence-corrected chi connectivity index (χ4v) is 3.27. The predicted molar refractivity (Wildman–Crippen MR) is 86.0 cm³/mol. The normalized spacial score (nSPS) is 17.6. The topological polar surface area (TPSA) is 58.4 Å². The number of carbonyl (C=O) groups is 1. The molecule has 0 bridgehead atoms. The van der Waals surface area contributed by atoms with E-state index in [4.69, 9.17) is 5.73 Å². The van der Waals surface area contributed by atoms with Crippen LogP contribution in [0, 0.1) is 0 Å². The first-order valence-electron chi connectivity index (χ1n) is 7.10. The van der Waals surface area contributed by atoms with Gasteiger partial charge in [0.2, 0.25) is 5.91 Å². The summed E-state index contributed by atoms with van der Waals surface area (Å²) < 4.78 is 0. The first kappa shape index (κ1) is 15.2. The highest BCUT2D eigenvalue weighted by Gasteiger charge is 2.16. The zero-order valence-corrected chi connectivity index (χ0v) is 12.8. The zero-order chi connectivity index (χ0) is 14.4. The van der Waals surface area contributed by atoms with E-state index in [1.54, 1.807) is 0 Å². The maximum Gasteiger partial charge on any atom is 0.227 e. The van der Waals surface area contributed by atoms with E-state index in [1.807, 2.05) is 43.0 Å². The van der Waals surface area contributed by atoms with Crippen LogP contribution in [0.25, 0.3) is 0 Å². The molecule has 5 heteroatoms. The standard InChI is InChI=1S/C15H23N3OS/c1-12(13-3-2-4-14(16)11-13)15(19)17-5-6-18-7-9-20-10-8-18/h2-4,11-12H,5-10,16H2,1H3,(H,17,19). The number of thioether (sulfide) groups is 1. The van der Waals surface area contributed by atoms with Crippen molar-refractivity contribution in [3.8, 4) is 0 Å². The van der Waals surface area contributed by atoms with Gasteiger partial charge < -0.3 is 11.1 Å². The molecule has 0 aliphatic carbocycles. The average Bonchev–Trinajstić information content (AvgIpc) is 2.47. The van der Waals surface area contributed by atoms with Gasteiger partial charge in [-0.15, -0.1) is 0 Å². The summed E-state index contributed by atoms with van der Waals surface area (Å²) in [5.74, 6) is 2.32. The summed E-state index contributed by atoms with van der Waals surface area (Å²) in [6, 6.07) is 7.54. The van der Waals surface area contributed by atoms with Gasteiger partial charge in [0.1, 0.15) is 0 Å². The Morgan fingerprint density at radius 2 is 2.20 bits per heavy atom. The molecule has 4 nitrogen and oxygen atoms in total. The molecule has 1 aliphatic rings. The second kappa shape index (κ2) is 7.55. The number of benzene rings is 1. The van der Waals surface area contributed by atoms with Gasteiger partial charge in [0.05, 0.1) is 5.92 Å². The number of anilines is 1. The molecule has 1 unspecified atom stereocenters. The van der Waals surface area contributed by atoms with Gasteiger partial charge in [0, 0.05) is 43.4 Å². The molecular formula is C15H23N3OS. The summed E-state index contributed by atoms with van der Waals surface area (Å²) in [5, 5.41) is 3.02. The van der Waals surface area contributed by atoms with E-state index < -0.39 is 0 Å². The maximum absolute atomic E-state index is 12.1. The van der Waals surface area contributed by atoms with Gasteiger partial charge >= 0.3 is 0 Å². The van der Waals surface area contributed by atoms with E-state index in [0.717, 1.165) is 31.7 Å². The molecule has 0 aromatic heterocycles. The molecule has 1 aliphatic heterocycles. The number of hydrogen-bond acceptors (Lipinski definition) is 4. The fraction of sp³-hybridized carbons (Fsp3) is 0.533. The zero-order valence-electron chi connectivity index (χ0n) is 12.0. The average molecular weight is 293 g/mol. The van der Waals surface area contributed by atoms with E-state index in [0.29, 0.717) is 5.69 Å². The number of nitrogens with zero attached hydrogens (tertiary/aromatic N) is 1. The SMILES string of the molecule is CC(C(=O)NCCN1CCSCC1)c1cccc(N)c1. The van der Waals surface area contributed by atoms with Crippen molar-refractivity contribution in [1.82, 2.24) is 10.2 Å². The third-order valence-corrected chi connectivity index (χ3v) is 4.58. The maximum atomic E-state index is 12.1. The fourth-order valence-electron chi connectivity index (χ4n) is 2.29. The number of nitrogen functional groups attached to an aromatic ring is 1. The summed E-state index contributed by atoms with van der Waals surface area (Å²) >= 11 is 2.00. The molecule has 0 saturated carbocycles. The highest BCUT2D eigenvalue weighted by Crippen LogP contribution is 2.17. The summed E-state index contributed by atoms with van der Waals surface area (Å²) in [4.78, 5) is 14.5. The van der Waals surface area contributed by atoms with Crippen molar-refractivity contribution in [2.24, 2.45) is 0 Å². The van der Waals surface area contributed by atoms with Crippen LogP contribution >= 0.6 is 11.8 Å². The lowest BCUT2D eigenvalue weighted by Gasteiger charge is -2.26. The highest BCUT2D eigenvalue weighted by molar-refractivity contribution is 7.99. The van der Waals surface area contributed by atoms with Crippen molar-refractivity contribution in [2.75, 3.05) is 43.4 Å². The Balaban J connectivity index is 1.76. The molecule has 1 saturated heterocycles. The van der Waals surface area contributed by atoms with Crippen molar-refractivity contribution < 1.29 is 4.79 Å². The molecule has 20 heavy (non-hydrogen) atoms. The molecule has 0 spiro atoms. The van der Waals surface area contributed by atoms with Gasteiger partial charge in [0.15, 0.2) is 0 Å². The molecule has 110 valence electrons. The summed E-state index contributed by atoms with van der Waals surface area (Å²) in [7, 11) is 0.